The molecule has 0 fully saturated rings. The second-order valence-electron chi connectivity index (χ2n) is 5.87. The number of hydrogen-bond acceptors (Lipinski definition) is 5. The van der Waals surface area contributed by atoms with Gasteiger partial charge in [0.2, 0.25) is 0 Å². The molecule has 1 atom stereocenters. The van der Waals surface area contributed by atoms with Crippen molar-refractivity contribution in [2.75, 3.05) is 0 Å². The minimum atomic E-state index is -0.859. The molecule has 7 heteroatoms. The molecule has 0 aliphatic rings. The lowest BCUT2D eigenvalue weighted by molar-refractivity contribution is 0.477. The summed E-state index contributed by atoms with van der Waals surface area (Å²) < 4.78 is 31.1. The Labute approximate surface area is 126 Å². The number of nitrogens with two attached hydrogens (primary N) is 1. The van der Waals surface area contributed by atoms with E-state index in [0.29, 0.717) is 0 Å². The van der Waals surface area contributed by atoms with Crippen molar-refractivity contribution in [1.29, 1.82) is 0 Å². The minimum absolute atomic E-state index is 0.197. The van der Waals surface area contributed by atoms with Crippen molar-refractivity contribution in [2.24, 2.45) is 5.84 Å². The molecule has 0 aliphatic carbocycles. The van der Waals surface area contributed by atoms with E-state index in [4.69, 9.17) is 5.84 Å². The van der Waals surface area contributed by atoms with Crippen LogP contribution in [0.25, 0.3) is 0 Å². The van der Waals surface area contributed by atoms with E-state index in [2.05, 4.69) is 15.0 Å². The van der Waals surface area contributed by atoms with E-state index in [9.17, 15) is 8.78 Å². The van der Waals surface area contributed by atoms with Crippen LogP contribution in [0.1, 0.15) is 42.9 Å². The standard InChI is InChI=1S/C14H18F2N4S/c1-14(2,3)13-12(21-20-19-13)10(18-17)7-8-5-4-6-9(15)11(8)16/h4-6,10,18H,7,17H2,1-3H3. The van der Waals surface area contributed by atoms with Crippen molar-refractivity contribution in [3.8, 4) is 0 Å². The predicted octanol–water partition coefficient (Wildman–Crippen LogP) is 2.86. The summed E-state index contributed by atoms with van der Waals surface area (Å²) in [6.07, 6.45) is 0.229. The maximum absolute atomic E-state index is 13.8. The molecule has 114 valence electrons. The Balaban J connectivity index is 2.33. The van der Waals surface area contributed by atoms with E-state index < -0.39 is 11.6 Å². The molecule has 0 saturated carbocycles. The second kappa shape index (κ2) is 6.13. The quantitative estimate of drug-likeness (QED) is 0.673. The van der Waals surface area contributed by atoms with Crippen molar-refractivity contribution in [1.82, 2.24) is 15.0 Å². The first-order valence-corrected chi connectivity index (χ1v) is 7.33. The maximum Gasteiger partial charge on any atom is 0.162 e. The number of aromatic nitrogens is 2. The van der Waals surface area contributed by atoms with E-state index >= 15 is 0 Å². The van der Waals surface area contributed by atoms with Crippen molar-refractivity contribution < 1.29 is 8.78 Å². The first kappa shape index (κ1) is 15.9. The molecular formula is C14H18F2N4S. The molecule has 21 heavy (non-hydrogen) atoms. The highest BCUT2D eigenvalue weighted by Crippen LogP contribution is 2.32. The molecule has 1 unspecified atom stereocenters. The Kier molecular flexibility index (Phi) is 4.65. The van der Waals surface area contributed by atoms with Gasteiger partial charge in [-0.2, -0.15) is 0 Å². The topological polar surface area (TPSA) is 63.8 Å². The number of halogens is 2. The van der Waals surface area contributed by atoms with Crippen LogP contribution >= 0.6 is 11.5 Å². The fourth-order valence-corrected chi connectivity index (χ4v) is 3.02. The highest BCUT2D eigenvalue weighted by Gasteiger charge is 2.27. The summed E-state index contributed by atoms with van der Waals surface area (Å²) in [4.78, 5) is 0.841. The van der Waals surface area contributed by atoms with Gasteiger partial charge in [-0.15, -0.1) is 5.10 Å². The summed E-state index contributed by atoms with van der Waals surface area (Å²) in [7, 11) is 0. The summed E-state index contributed by atoms with van der Waals surface area (Å²) in [6.45, 7) is 6.05. The van der Waals surface area contributed by atoms with Gasteiger partial charge in [-0.05, 0) is 29.6 Å². The molecule has 1 aromatic carbocycles. The van der Waals surface area contributed by atoms with Crippen LogP contribution in [-0.2, 0) is 11.8 Å². The van der Waals surface area contributed by atoms with Gasteiger partial charge in [0.25, 0.3) is 0 Å². The van der Waals surface area contributed by atoms with E-state index in [-0.39, 0.29) is 23.4 Å². The van der Waals surface area contributed by atoms with Crippen molar-refractivity contribution in [3.63, 3.8) is 0 Å². The molecule has 0 saturated heterocycles. The zero-order valence-electron chi connectivity index (χ0n) is 12.2. The molecule has 0 spiro atoms. The SMILES string of the molecule is CC(C)(C)c1nnsc1C(Cc1cccc(F)c1F)NN. The number of nitrogens with zero attached hydrogens (tertiary/aromatic N) is 2. The van der Waals surface area contributed by atoms with Crippen molar-refractivity contribution >= 4 is 11.5 Å². The summed E-state index contributed by atoms with van der Waals surface area (Å²) in [5.41, 5.74) is 3.54. The fourth-order valence-electron chi connectivity index (χ4n) is 2.10. The normalized spacial score (nSPS) is 13.4. The number of rotatable bonds is 4. The van der Waals surface area contributed by atoms with E-state index in [1.54, 1.807) is 6.07 Å². The third kappa shape index (κ3) is 3.42. The van der Waals surface area contributed by atoms with Gasteiger partial charge in [-0.25, -0.2) is 8.78 Å². The van der Waals surface area contributed by atoms with Gasteiger partial charge < -0.3 is 0 Å². The van der Waals surface area contributed by atoms with Crippen LogP contribution in [0, 0.1) is 11.6 Å². The first-order valence-electron chi connectivity index (χ1n) is 6.56. The van der Waals surface area contributed by atoms with Crippen LogP contribution in [0.5, 0.6) is 0 Å². The van der Waals surface area contributed by atoms with Crippen LogP contribution in [-0.4, -0.2) is 9.59 Å². The minimum Gasteiger partial charge on any atom is -0.271 e. The van der Waals surface area contributed by atoms with Crippen LogP contribution in [0.15, 0.2) is 18.2 Å². The van der Waals surface area contributed by atoms with E-state index in [1.165, 1.54) is 17.6 Å². The van der Waals surface area contributed by atoms with Crippen LogP contribution in [0.3, 0.4) is 0 Å². The summed E-state index contributed by atoms with van der Waals surface area (Å²) in [5.74, 6) is 3.90. The zero-order chi connectivity index (χ0) is 15.6. The molecule has 0 bridgehead atoms. The van der Waals surface area contributed by atoms with Crippen molar-refractivity contribution in [3.05, 3.63) is 46.0 Å². The average Bonchev–Trinajstić information content (AvgIpc) is 2.89. The Morgan fingerprint density at radius 2 is 2.05 bits per heavy atom. The van der Waals surface area contributed by atoms with Crippen molar-refractivity contribution in [2.45, 2.75) is 38.6 Å². The van der Waals surface area contributed by atoms with E-state index in [1.807, 2.05) is 20.8 Å². The van der Waals surface area contributed by atoms with Gasteiger partial charge >= 0.3 is 0 Å². The fraction of sp³-hybridized carbons (Fsp3) is 0.429. The highest BCUT2D eigenvalue weighted by atomic mass is 32.1. The maximum atomic E-state index is 13.8. The molecule has 1 heterocycles. The highest BCUT2D eigenvalue weighted by molar-refractivity contribution is 7.05. The molecule has 3 N–H and O–H groups in total. The molecule has 0 radical (unpaired) electrons. The molecule has 2 rings (SSSR count). The molecular weight excluding hydrogens is 294 g/mol. The molecule has 0 amide bonds. The van der Waals surface area contributed by atoms with Gasteiger partial charge in [0, 0.05) is 5.41 Å². The number of hydrazine groups is 1. The van der Waals surface area contributed by atoms with Crippen LogP contribution < -0.4 is 11.3 Å². The molecule has 2 aromatic rings. The molecule has 1 aromatic heterocycles. The average molecular weight is 312 g/mol. The van der Waals surface area contributed by atoms with Gasteiger partial charge in [-0.3, -0.25) is 11.3 Å². The monoisotopic (exact) mass is 312 g/mol. The van der Waals surface area contributed by atoms with Gasteiger partial charge in [0.15, 0.2) is 11.6 Å². The third-order valence-corrected chi connectivity index (χ3v) is 4.03. The predicted molar refractivity (Wildman–Crippen MR) is 78.7 cm³/mol. The lowest BCUT2D eigenvalue weighted by Crippen LogP contribution is -2.31. The number of benzene rings is 1. The van der Waals surface area contributed by atoms with Gasteiger partial charge in [0.1, 0.15) is 0 Å². The Bertz CT molecular complexity index is 622. The number of hydrogen-bond donors (Lipinski definition) is 2. The van der Waals surface area contributed by atoms with Crippen LogP contribution in [0.2, 0.25) is 0 Å². The second-order valence-corrected chi connectivity index (χ2v) is 6.66. The lowest BCUT2D eigenvalue weighted by Gasteiger charge is -2.21. The van der Waals surface area contributed by atoms with Gasteiger partial charge in [0.05, 0.1) is 16.6 Å². The Hall–Kier alpha value is -1.44. The third-order valence-electron chi connectivity index (χ3n) is 3.20. The summed E-state index contributed by atoms with van der Waals surface area (Å²) >= 11 is 1.22. The lowest BCUT2D eigenvalue weighted by atomic mass is 9.89. The van der Waals surface area contributed by atoms with Gasteiger partial charge in [-0.1, -0.05) is 37.4 Å². The summed E-state index contributed by atoms with van der Waals surface area (Å²) in [6, 6.07) is 3.76. The van der Waals surface area contributed by atoms with Crippen LogP contribution in [0.4, 0.5) is 8.78 Å². The molecule has 0 aliphatic heterocycles. The Morgan fingerprint density at radius 3 is 2.67 bits per heavy atom. The van der Waals surface area contributed by atoms with E-state index in [0.717, 1.165) is 16.6 Å². The number of nitrogens with one attached hydrogen (secondary N) is 1. The molecule has 4 nitrogen and oxygen atoms in total. The largest absolute Gasteiger partial charge is 0.271 e. The Morgan fingerprint density at radius 1 is 1.33 bits per heavy atom. The zero-order valence-corrected chi connectivity index (χ0v) is 13.0. The smallest absolute Gasteiger partial charge is 0.162 e. The summed E-state index contributed by atoms with van der Waals surface area (Å²) in [5, 5.41) is 4.14. The first-order chi connectivity index (χ1) is 9.84.